The van der Waals surface area contributed by atoms with Gasteiger partial charge in [0.15, 0.2) is 11.6 Å². The van der Waals surface area contributed by atoms with Crippen LogP contribution in [0.25, 0.3) is 0 Å². The summed E-state index contributed by atoms with van der Waals surface area (Å²) in [5.41, 5.74) is 1.02. The second-order valence-corrected chi connectivity index (χ2v) is 6.35. The molecule has 0 bridgehead atoms. The number of nitrogens with zero attached hydrogens (tertiary/aromatic N) is 1. The van der Waals surface area contributed by atoms with E-state index in [0.717, 1.165) is 0 Å². The summed E-state index contributed by atoms with van der Waals surface area (Å²) < 4.78 is 25.9. The van der Waals surface area contributed by atoms with Crippen molar-refractivity contribution >= 4 is 11.6 Å². The third-order valence-corrected chi connectivity index (χ3v) is 4.62. The first kappa shape index (κ1) is 17.4. The maximum absolute atomic E-state index is 13.0. The molecule has 0 saturated carbocycles. The number of benzene rings is 2. The minimum atomic E-state index is -0.364. The van der Waals surface area contributed by atoms with E-state index in [1.54, 1.807) is 0 Å². The van der Waals surface area contributed by atoms with E-state index in [1.807, 2.05) is 4.90 Å². The van der Waals surface area contributed by atoms with Crippen LogP contribution in [0.4, 0.5) is 8.78 Å². The normalized spacial score (nSPS) is 15.9. The summed E-state index contributed by atoms with van der Waals surface area (Å²) in [5.74, 6) is -0.835. The van der Waals surface area contributed by atoms with Crippen LogP contribution in [-0.2, 0) is 0 Å². The van der Waals surface area contributed by atoms with E-state index in [4.69, 9.17) is 0 Å². The molecule has 0 N–H and O–H groups in total. The van der Waals surface area contributed by atoms with Gasteiger partial charge in [0.1, 0.15) is 11.6 Å². The van der Waals surface area contributed by atoms with E-state index >= 15 is 0 Å². The zero-order chi connectivity index (χ0) is 17.8. The summed E-state index contributed by atoms with van der Waals surface area (Å²) in [7, 11) is 0. The second kappa shape index (κ2) is 7.66. The fourth-order valence-electron chi connectivity index (χ4n) is 3.13. The van der Waals surface area contributed by atoms with Crippen molar-refractivity contribution in [2.75, 3.05) is 19.6 Å². The molecule has 0 unspecified atom stereocenters. The molecule has 0 spiro atoms. The van der Waals surface area contributed by atoms with Crippen molar-refractivity contribution in [1.29, 1.82) is 0 Å². The molecule has 0 aromatic heterocycles. The highest BCUT2D eigenvalue weighted by Gasteiger charge is 2.26. The first-order valence-electron chi connectivity index (χ1n) is 8.34. The van der Waals surface area contributed by atoms with Crippen LogP contribution in [0, 0.1) is 17.6 Å². The number of likely N-dealkylation sites (tertiary alicyclic amines) is 1. The Balaban J connectivity index is 1.53. The lowest BCUT2D eigenvalue weighted by Gasteiger charge is -2.30. The number of halogens is 2. The van der Waals surface area contributed by atoms with Crippen LogP contribution in [-0.4, -0.2) is 36.1 Å². The number of piperidine rings is 1. The second-order valence-electron chi connectivity index (χ2n) is 6.35. The Bertz CT molecular complexity index is 748. The lowest BCUT2D eigenvalue weighted by Crippen LogP contribution is -2.39. The van der Waals surface area contributed by atoms with Gasteiger partial charge in [-0.1, -0.05) is 0 Å². The van der Waals surface area contributed by atoms with Gasteiger partial charge in [0, 0.05) is 17.0 Å². The lowest BCUT2D eigenvalue weighted by atomic mass is 9.88. The SMILES string of the molecule is O=C(CN1CCC(C(=O)c2ccc(F)cc2)CC1)c1ccc(F)cc1. The standard InChI is InChI=1S/C20H19F2NO2/c21-17-5-1-14(2-6-17)19(24)13-23-11-9-16(10-12-23)20(25)15-3-7-18(22)8-4-15/h1-8,16H,9-13H2. The van der Waals surface area contributed by atoms with Crippen LogP contribution in [0.5, 0.6) is 0 Å². The van der Waals surface area contributed by atoms with Crippen molar-refractivity contribution < 1.29 is 18.4 Å². The van der Waals surface area contributed by atoms with Crippen LogP contribution < -0.4 is 0 Å². The third-order valence-electron chi connectivity index (χ3n) is 4.62. The zero-order valence-electron chi connectivity index (χ0n) is 13.8. The zero-order valence-corrected chi connectivity index (χ0v) is 13.8. The van der Waals surface area contributed by atoms with E-state index in [2.05, 4.69) is 0 Å². The number of rotatable bonds is 5. The predicted molar refractivity (Wildman–Crippen MR) is 90.6 cm³/mol. The first-order chi connectivity index (χ1) is 12.0. The Morgan fingerprint density at radius 3 is 1.84 bits per heavy atom. The quantitative estimate of drug-likeness (QED) is 0.776. The summed E-state index contributed by atoms with van der Waals surface area (Å²) in [4.78, 5) is 26.7. The smallest absolute Gasteiger partial charge is 0.176 e. The maximum Gasteiger partial charge on any atom is 0.176 e. The molecule has 1 heterocycles. The molecule has 0 aliphatic carbocycles. The van der Waals surface area contributed by atoms with Crippen LogP contribution in [0.2, 0.25) is 0 Å². The molecule has 1 aliphatic heterocycles. The number of carbonyl (C=O) groups excluding carboxylic acids is 2. The highest BCUT2D eigenvalue weighted by atomic mass is 19.1. The van der Waals surface area contributed by atoms with Gasteiger partial charge in [-0.15, -0.1) is 0 Å². The molecule has 3 nitrogen and oxygen atoms in total. The molecular weight excluding hydrogens is 324 g/mol. The molecule has 2 aromatic carbocycles. The molecule has 2 aromatic rings. The highest BCUT2D eigenvalue weighted by Crippen LogP contribution is 2.22. The Labute approximate surface area is 145 Å². The number of ketones is 2. The molecule has 0 amide bonds. The summed E-state index contributed by atoms with van der Waals surface area (Å²) in [6.07, 6.45) is 1.35. The van der Waals surface area contributed by atoms with Gasteiger partial charge in [0.25, 0.3) is 0 Å². The van der Waals surface area contributed by atoms with Crippen LogP contribution in [0.15, 0.2) is 48.5 Å². The molecule has 25 heavy (non-hydrogen) atoms. The summed E-state index contributed by atoms with van der Waals surface area (Å²) in [5, 5.41) is 0. The van der Waals surface area contributed by atoms with Crippen molar-refractivity contribution in [2.45, 2.75) is 12.8 Å². The van der Waals surface area contributed by atoms with Gasteiger partial charge >= 0.3 is 0 Å². The fraction of sp³-hybridized carbons (Fsp3) is 0.300. The van der Waals surface area contributed by atoms with E-state index < -0.39 is 0 Å². The molecule has 130 valence electrons. The molecule has 1 fully saturated rings. The Morgan fingerprint density at radius 1 is 0.840 bits per heavy atom. The first-order valence-corrected chi connectivity index (χ1v) is 8.34. The average Bonchev–Trinajstić information content (AvgIpc) is 2.63. The topological polar surface area (TPSA) is 37.4 Å². The van der Waals surface area contributed by atoms with Crippen molar-refractivity contribution in [1.82, 2.24) is 4.90 Å². The van der Waals surface area contributed by atoms with E-state index in [9.17, 15) is 18.4 Å². The van der Waals surface area contributed by atoms with E-state index in [1.165, 1.54) is 48.5 Å². The molecular formula is C20H19F2NO2. The van der Waals surface area contributed by atoms with Gasteiger partial charge in [-0.2, -0.15) is 0 Å². The van der Waals surface area contributed by atoms with Gasteiger partial charge in [0.2, 0.25) is 0 Å². The van der Waals surface area contributed by atoms with Crippen LogP contribution >= 0.6 is 0 Å². The summed E-state index contributed by atoms with van der Waals surface area (Å²) in [6.45, 7) is 1.58. The molecule has 5 heteroatoms. The Morgan fingerprint density at radius 2 is 1.32 bits per heavy atom. The summed E-state index contributed by atoms with van der Waals surface area (Å²) in [6, 6.07) is 11.2. The van der Waals surface area contributed by atoms with Gasteiger partial charge in [-0.05, 0) is 74.5 Å². The highest BCUT2D eigenvalue weighted by molar-refractivity contribution is 5.98. The Hall–Kier alpha value is -2.40. The number of carbonyl (C=O) groups is 2. The number of hydrogen-bond acceptors (Lipinski definition) is 3. The molecule has 1 aliphatic rings. The Kier molecular flexibility index (Phi) is 5.34. The molecule has 0 atom stereocenters. The molecule has 0 radical (unpaired) electrons. The van der Waals surface area contributed by atoms with Crippen LogP contribution in [0.1, 0.15) is 33.6 Å². The average molecular weight is 343 g/mol. The van der Waals surface area contributed by atoms with Crippen molar-refractivity contribution in [3.63, 3.8) is 0 Å². The van der Waals surface area contributed by atoms with Gasteiger partial charge in [-0.25, -0.2) is 8.78 Å². The predicted octanol–water partition coefficient (Wildman–Crippen LogP) is 3.74. The summed E-state index contributed by atoms with van der Waals surface area (Å²) >= 11 is 0. The van der Waals surface area contributed by atoms with E-state index in [0.29, 0.717) is 37.1 Å². The third kappa shape index (κ3) is 4.37. The largest absolute Gasteiger partial charge is 0.296 e. The van der Waals surface area contributed by atoms with Crippen molar-refractivity contribution in [3.8, 4) is 0 Å². The van der Waals surface area contributed by atoms with Gasteiger partial charge in [0.05, 0.1) is 6.54 Å². The van der Waals surface area contributed by atoms with E-state index in [-0.39, 0.29) is 35.7 Å². The number of Topliss-reactive ketones (excluding diaryl/α,β-unsaturated/α-hetero) is 2. The molecule has 1 saturated heterocycles. The molecule has 3 rings (SSSR count). The number of hydrogen-bond donors (Lipinski definition) is 0. The fourth-order valence-corrected chi connectivity index (χ4v) is 3.13. The van der Waals surface area contributed by atoms with Gasteiger partial charge in [-0.3, -0.25) is 14.5 Å². The monoisotopic (exact) mass is 343 g/mol. The van der Waals surface area contributed by atoms with Gasteiger partial charge < -0.3 is 0 Å². The van der Waals surface area contributed by atoms with Crippen molar-refractivity contribution in [3.05, 3.63) is 71.3 Å². The van der Waals surface area contributed by atoms with Crippen molar-refractivity contribution in [2.24, 2.45) is 5.92 Å². The lowest BCUT2D eigenvalue weighted by molar-refractivity contribution is 0.0805. The minimum Gasteiger partial charge on any atom is -0.296 e. The minimum absolute atomic E-state index is 0.0320. The maximum atomic E-state index is 13.0. The van der Waals surface area contributed by atoms with Crippen LogP contribution in [0.3, 0.4) is 0 Å².